The number of rotatable bonds is 8. The molecule has 1 aliphatic rings. The second-order valence-corrected chi connectivity index (χ2v) is 10.5. The van der Waals surface area contributed by atoms with Gasteiger partial charge in [-0.25, -0.2) is 9.79 Å². The Morgan fingerprint density at radius 3 is 2.61 bits per heavy atom. The van der Waals surface area contributed by atoms with Gasteiger partial charge in [-0.3, -0.25) is 9.69 Å². The number of hydrogen-bond donors (Lipinski definition) is 1. The van der Waals surface area contributed by atoms with Gasteiger partial charge in [-0.05, 0) is 73.1 Å². The second-order valence-electron chi connectivity index (χ2n) is 8.26. The molecule has 0 unspecified atom stereocenters. The molecule has 0 bridgehead atoms. The van der Waals surface area contributed by atoms with Crippen molar-refractivity contribution in [1.29, 1.82) is 0 Å². The van der Waals surface area contributed by atoms with Gasteiger partial charge >= 0.3 is 5.97 Å². The predicted octanol–water partition coefficient (Wildman–Crippen LogP) is 7.32. The number of hydrogen-bond acceptors (Lipinski definition) is 6. The first kappa shape index (κ1) is 27.8. The third-order valence-corrected chi connectivity index (χ3v) is 7.86. The number of carbonyl (C=O) groups is 2. The zero-order valence-electron chi connectivity index (χ0n) is 20.8. The van der Waals surface area contributed by atoms with Gasteiger partial charge in [-0.15, -0.1) is 0 Å². The van der Waals surface area contributed by atoms with E-state index < -0.39 is 5.97 Å². The van der Waals surface area contributed by atoms with Crippen LogP contribution in [-0.4, -0.2) is 40.7 Å². The van der Waals surface area contributed by atoms with Gasteiger partial charge < -0.3 is 14.6 Å². The van der Waals surface area contributed by atoms with E-state index in [1.165, 1.54) is 22.7 Å². The van der Waals surface area contributed by atoms with Crippen molar-refractivity contribution >= 4 is 68.1 Å². The first-order valence-electron chi connectivity index (χ1n) is 11.6. The minimum Gasteiger partial charge on any atom is -0.490 e. The number of likely N-dealkylation sites (N-methyl/N-ethyl adjacent to an activating group) is 1. The van der Waals surface area contributed by atoms with E-state index in [1.807, 2.05) is 37.3 Å². The molecule has 0 aliphatic carbocycles. The molecule has 3 aromatic carbocycles. The van der Waals surface area contributed by atoms with Crippen LogP contribution in [0.5, 0.6) is 11.5 Å². The van der Waals surface area contributed by atoms with E-state index in [1.54, 1.807) is 38.2 Å². The maximum atomic E-state index is 13.0. The van der Waals surface area contributed by atoms with Crippen molar-refractivity contribution in [3.05, 3.63) is 91.3 Å². The molecule has 38 heavy (non-hydrogen) atoms. The molecule has 0 aromatic heterocycles. The van der Waals surface area contributed by atoms with Crippen LogP contribution in [0.4, 0.5) is 5.69 Å². The quantitative estimate of drug-likeness (QED) is 0.267. The molecule has 1 amide bonds. The Hall–Kier alpha value is -3.27. The highest BCUT2D eigenvalue weighted by molar-refractivity contribution is 9.10. The Morgan fingerprint density at radius 1 is 1.16 bits per heavy atom. The van der Waals surface area contributed by atoms with Crippen LogP contribution in [0, 0.1) is 6.92 Å². The zero-order valence-corrected chi connectivity index (χ0v) is 24.0. The topological polar surface area (TPSA) is 88.4 Å². The average molecular weight is 616 g/mol. The minimum atomic E-state index is -1.03. The molecule has 1 fully saturated rings. The van der Waals surface area contributed by atoms with Crippen molar-refractivity contribution in [3.8, 4) is 11.5 Å². The SMILES string of the molecule is CCOc1cc(/C=C2\SC(=Nc3cccc(C(=O)O)c3C)N(C)C2=O)c(Br)cc1OCc1ccccc1Cl. The van der Waals surface area contributed by atoms with E-state index in [2.05, 4.69) is 20.9 Å². The zero-order chi connectivity index (χ0) is 27.4. The monoisotopic (exact) mass is 614 g/mol. The molecule has 196 valence electrons. The number of aliphatic imine (C=N–C) groups is 1. The molecule has 7 nitrogen and oxygen atoms in total. The van der Waals surface area contributed by atoms with E-state index >= 15 is 0 Å². The molecular weight excluding hydrogens is 592 g/mol. The number of nitrogens with zero attached hydrogens (tertiary/aromatic N) is 2. The number of carboxylic acids is 1. The number of ether oxygens (including phenoxy) is 2. The fourth-order valence-corrected chi connectivity index (χ4v) is 5.28. The van der Waals surface area contributed by atoms with Crippen LogP contribution in [0.25, 0.3) is 6.08 Å². The highest BCUT2D eigenvalue weighted by Gasteiger charge is 2.31. The number of carbonyl (C=O) groups excluding carboxylic acids is 1. The van der Waals surface area contributed by atoms with E-state index in [-0.39, 0.29) is 18.1 Å². The normalized spacial score (nSPS) is 15.4. The molecule has 10 heteroatoms. The first-order valence-corrected chi connectivity index (χ1v) is 13.6. The van der Waals surface area contributed by atoms with E-state index in [0.717, 1.165) is 11.1 Å². The van der Waals surface area contributed by atoms with Crippen molar-refractivity contribution in [1.82, 2.24) is 4.90 Å². The first-order chi connectivity index (χ1) is 18.2. The molecule has 1 aliphatic heterocycles. The second kappa shape index (κ2) is 12.1. The summed E-state index contributed by atoms with van der Waals surface area (Å²) in [5.74, 6) is -0.166. The lowest BCUT2D eigenvalue weighted by atomic mass is 10.1. The van der Waals surface area contributed by atoms with Gasteiger partial charge in [0.25, 0.3) is 5.91 Å². The molecule has 0 radical (unpaired) electrons. The summed E-state index contributed by atoms with van der Waals surface area (Å²) in [5, 5.41) is 10.5. The van der Waals surface area contributed by atoms with Crippen molar-refractivity contribution in [2.75, 3.05) is 13.7 Å². The van der Waals surface area contributed by atoms with Gasteiger partial charge in [0.05, 0.1) is 22.8 Å². The molecule has 1 N–H and O–H groups in total. The number of amides is 1. The van der Waals surface area contributed by atoms with E-state index in [4.69, 9.17) is 21.1 Å². The summed E-state index contributed by atoms with van der Waals surface area (Å²) in [7, 11) is 1.64. The van der Waals surface area contributed by atoms with Crippen molar-refractivity contribution in [2.45, 2.75) is 20.5 Å². The molecule has 3 aromatic rings. The van der Waals surface area contributed by atoms with Crippen LogP contribution < -0.4 is 9.47 Å². The number of halogens is 2. The number of thioether (sulfide) groups is 1. The minimum absolute atomic E-state index is 0.170. The number of amidine groups is 1. The molecular formula is C28H24BrClN2O5S. The third-order valence-electron chi connectivity index (χ3n) is 5.75. The smallest absolute Gasteiger partial charge is 0.336 e. The Kier molecular flexibility index (Phi) is 8.81. The summed E-state index contributed by atoms with van der Waals surface area (Å²) in [5.41, 5.74) is 2.78. The lowest BCUT2D eigenvalue weighted by Crippen LogP contribution is -2.23. The van der Waals surface area contributed by atoms with Gasteiger partial charge in [-0.2, -0.15) is 0 Å². The summed E-state index contributed by atoms with van der Waals surface area (Å²) in [6.45, 7) is 4.28. The Bertz CT molecular complexity index is 1470. The van der Waals surface area contributed by atoms with Crippen molar-refractivity contribution in [3.63, 3.8) is 0 Å². The Labute approximate surface area is 238 Å². The van der Waals surface area contributed by atoms with Gasteiger partial charge in [0, 0.05) is 22.1 Å². The number of benzene rings is 3. The highest BCUT2D eigenvalue weighted by atomic mass is 79.9. The lowest BCUT2D eigenvalue weighted by Gasteiger charge is -2.14. The van der Waals surface area contributed by atoms with Gasteiger partial charge in [-0.1, -0.05) is 51.8 Å². The molecule has 1 heterocycles. The van der Waals surface area contributed by atoms with Crippen LogP contribution in [-0.2, 0) is 11.4 Å². The molecule has 4 rings (SSSR count). The standard InChI is InChI=1S/C28H24BrClN2O5S/c1-4-36-23-12-18(20(29)14-24(23)37-15-17-8-5-6-10-21(17)30)13-25-26(33)32(3)28(38-25)31-22-11-7-9-19(16(22)2)27(34)35/h5-14H,4,15H2,1-3H3,(H,34,35)/b25-13-,31-28?. The maximum Gasteiger partial charge on any atom is 0.336 e. The molecule has 0 saturated carbocycles. The van der Waals surface area contributed by atoms with Gasteiger partial charge in [0.15, 0.2) is 16.7 Å². The summed E-state index contributed by atoms with van der Waals surface area (Å²) in [4.78, 5) is 31.0. The molecule has 1 saturated heterocycles. The summed E-state index contributed by atoms with van der Waals surface area (Å²) >= 11 is 11.1. The molecule has 0 spiro atoms. The number of aromatic carboxylic acids is 1. The van der Waals surface area contributed by atoms with Crippen LogP contribution in [0.15, 0.2) is 69.0 Å². The van der Waals surface area contributed by atoms with Crippen LogP contribution in [0.3, 0.4) is 0 Å². The largest absolute Gasteiger partial charge is 0.490 e. The maximum absolute atomic E-state index is 13.0. The molecule has 0 atom stereocenters. The Balaban J connectivity index is 1.62. The van der Waals surface area contributed by atoms with Crippen LogP contribution in [0.1, 0.15) is 34.0 Å². The van der Waals surface area contributed by atoms with Crippen molar-refractivity contribution < 1.29 is 24.2 Å². The van der Waals surface area contributed by atoms with Crippen LogP contribution >= 0.6 is 39.3 Å². The summed E-state index contributed by atoms with van der Waals surface area (Å²) < 4.78 is 12.6. The number of carboxylic acid groups (broad SMARTS) is 1. The summed E-state index contributed by atoms with van der Waals surface area (Å²) in [6, 6.07) is 16.0. The fraction of sp³-hybridized carbons (Fsp3) is 0.179. The van der Waals surface area contributed by atoms with Gasteiger partial charge in [0.1, 0.15) is 6.61 Å². The summed E-state index contributed by atoms with van der Waals surface area (Å²) in [6.07, 6.45) is 1.76. The van der Waals surface area contributed by atoms with Crippen molar-refractivity contribution in [2.24, 2.45) is 4.99 Å². The average Bonchev–Trinajstić information content (AvgIpc) is 3.14. The fourth-order valence-electron chi connectivity index (χ4n) is 3.69. The predicted molar refractivity (Wildman–Crippen MR) is 155 cm³/mol. The Morgan fingerprint density at radius 2 is 1.89 bits per heavy atom. The lowest BCUT2D eigenvalue weighted by molar-refractivity contribution is -0.121. The van der Waals surface area contributed by atoms with Crippen LogP contribution in [0.2, 0.25) is 5.02 Å². The van der Waals surface area contributed by atoms with E-state index in [0.29, 0.717) is 48.9 Å². The van der Waals surface area contributed by atoms with E-state index in [9.17, 15) is 14.7 Å². The third kappa shape index (κ3) is 6.06. The van der Waals surface area contributed by atoms with Gasteiger partial charge in [0.2, 0.25) is 0 Å². The highest BCUT2D eigenvalue weighted by Crippen LogP contribution is 2.39.